The number of ether oxygens (including phenoxy) is 1. The molecular weight excluding hydrogens is 312 g/mol. The summed E-state index contributed by atoms with van der Waals surface area (Å²) in [4.78, 5) is 36.0. The molecule has 3 rings (SSSR count). The molecule has 0 spiro atoms. The van der Waals surface area contributed by atoms with Crippen molar-refractivity contribution in [2.75, 3.05) is 11.4 Å². The average molecular weight is 326 g/mol. The molecule has 1 heterocycles. The van der Waals surface area contributed by atoms with Crippen LogP contribution in [0.1, 0.15) is 6.42 Å². The maximum atomic E-state index is 12.2. The Labute approximate surface area is 137 Å². The number of hydrogen-bond acceptors (Lipinski definition) is 5. The van der Waals surface area contributed by atoms with Crippen LogP contribution in [0.2, 0.25) is 0 Å². The molecule has 7 heteroatoms. The number of benzene rings is 2. The Kier molecular flexibility index (Phi) is 4.24. The van der Waals surface area contributed by atoms with E-state index in [1.807, 2.05) is 30.3 Å². The second-order valence-corrected chi connectivity index (χ2v) is 5.41. The fourth-order valence-electron chi connectivity index (χ4n) is 2.56. The van der Waals surface area contributed by atoms with Gasteiger partial charge in [0.05, 0.1) is 10.8 Å². The molecule has 122 valence electrons. The number of carbonyl (C=O) groups is 2. The molecule has 2 aromatic carbocycles. The second kappa shape index (κ2) is 6.49. The maximum Gasteiger partial charge on any atom is 0.316 e. The smallest absolute Gasteiger partial charge is 0.316 e. The van der Waals surface area contributed by atoms with E-state index in [9.17, 15) is 19.7 Å². The second-order valence-electron chi connectivity index (χ2n) is 5.41. The molecule has 1 aliphatic rings. The minimum Gasteiger partial charge on any atom is -0.426 e. The fraction of sp³-hybridized carbons (Fsp3) is 0.176. The van der Waals surface area contributed by atoms with E-state index < -0.39 is 16.8 Å². The summed E-state index contributed by atoms with van der Waals surface area (Å²) in [5.41, 5.74) is 0.661. The number of nitrogens with zero attached hydrogens (tertiary/aromatic N) is 2. The topological polar surface area (TPSA) is 89.7 Å². The third kappa shape index (κ3) is 3.24. The highest BCUT2D eigenvalue weighted by molar-refractivity contribution is 5.99. The van der Waals surface area contributed by atoms with E-state index in [0.29, 0.717) is 0 Å². The minimum absolute atomic E-state index is 0.0823. The van der Waals surface area contributed by atoms with Crippen LogP contribution in [0.3, 0.4) is 0 Å². The molecule has 0 bridgehead atoms. The van der Waals surface area contributed by atoms with Gasteiger partial charge in [0.15, 0.2) is 0 Å². The quantitative estimate of drug-likeness (QED) is 0.373. The molecule has 24 heavy (non-hydrogen) atoms. The number of rotatable bonds is 4. The highest BCUT2D eigenvalue weighted by Crippen LogP contribution is 2.26. The predicted octanol–water partition coefficient (Wildman–Crippen LogP) is 2.55. The molecule has 0 aromatic heterocycles. The van der Waals surface area contributed by atoms with Crippen LogP contribution in [0.4, 0.5) is 11.4 Å². The number of esters is 1. The Balaban J connectivity index is 1.66. The van der Waals surface area contributed by atoms with Gasteiger partial charge in [-0.25, -0.2) is 0 Å². The molecule has 1 fully saturated rings. The van der Waals surface area contributed by atoms with Gasteiger partial charge in [0, 0.05) is 30.8 Å². The Morgan fingerprint density at radius 3 is 2.42 bits per heavy atom. The number of para-hydroxylation sites is 1. The van der Waals surface area contributed by atoms with E-state index in [0.717, 1.165) is 5.69 Å². The van der Waals surface area contributed by atoms with E-state index in [1.54, 1.807) is 4.90 Å². The molecule has 0 radical (unpaired) electrons. The van der Waals surface area contributed by atoms with Crippen molar-refractivity contribution in [3.63, 3.8) is 0 Å². The number of hydrogen-bond donors (Lipinski definition) is 0. The SMILES string of the molecule is O=C(Oc1ccc([N+](=O)[O-])cc1)[C@H]1CC(=O)N(c2ccccc2)C1. The zero-order chi connectivity index (χ0) is 17.1. The van der Waals surface area contributed by atoms with E-state index in [1.165, 1.54) is 24.3 Å². The lowest BCUT2D eigenvalue weighted by Gasteiger charge is -2.16. The molecule has 0 N–H and O–H groups in total. The highest BCUT2D eigenvalue weighted by Gasteiger charge is 2.36. The molecule has 2 aromatic rings. The Hall–Kier alpha value is -3.22. The standard InChI is InChI=1S/C17H14N2O5/c20-16-10-12(11-18(16)13-4-2-1-3-5-13)17(21)24-15-8-6-14(7-9-15)19(22)23/h1-9,12H,10-11H2/t12-/m0/s1. The van der Waals surface area contributed by atoms with Crippen LogP contribution >= 0.6 is 0 Å². The van der Waals surface area contributed by atoms with Gasteiger partial charge in [-0.3, -0.25) is 19.7 Å². The van der Waals surface area contributed by atoms with Crippen molar-refractivity contribution >= 4 is 23.3 Å². The summed E-state index contributed by atoms with van der Waals surface area (Å²) in [5.74, 6) is -0.994. The van der Waals surface area contributed by atoms with Crippen LogP contribution in [0.25, 0.3) is 0 Å². The number of nitro benzene ring substituents is 1. The fourth-order valence-corrected chi connectivity index (χ4v) is 2.56. The summed E-state index contributed by atoms with van der Waals surface area (Å²) in [7, 11) is 0. The van der Waals surface area contributed by atoms with Gasteiger partial charge in [-0.2, -0.15) is 0 Å². The number of anilines is 1. The summed E-state index contributed by atoms with van der Waals surface area (Å²) in [6.07, 6.45) is 0.0840. The summed E-state index contributed by atoms with van der Waals surface area (Å²) in [5, 5.41) is 10.6. The number of nitro groups is 1. The number of carbonyl (C=O) groups excluding carboxylic acids is 2. The van der Waals surface area contributed by atoms with Crippen molar-refractivity contribution in [2.24, 2.45) is 5.92 Å². The first-order chi connectivity index (χ1) is 11.5. The number of non-ortho nitro benzene ring substituents is 1. The van der Waals surface area contributed by atoms with Gasteiger partial charge in [-0.15, -0.1) is 0 Å². The van der Waals surface area contributed by atoms with Crippen molar-refractivity contribution < 1.29 is 19.2 Å². The van der Waals surface area contributed by atoms with Crippen molar-refractivity contribution in [1.82, 2.24) is 0 Å². The molecule has 1 saturated heterocycles. The van der Waals surface area contributed by atoms with Gasteiger partial charge in [0.1, 0.15) is 5.75 Å². The van der Waals surface area contributed by atoms with Crippen molar-refractivity contribution in [1.29, 1.82) is 0 Å². The van der Waals surface area contributed by atoms with Crippen LogP contribution in [-0.4, -0.2) is 23.3 Å². The highest BCUT2D eigenvalue weighted by atomic mass is 16.6. The van der Waals surface area contributed by atoms with E-state index in [-0.39, 0.29) is 30.3 Å². The van der Waals surface area contributed by atoms with Crippen LogP contribution in [0.5, 0.6) is 5.75 Å². The predicted molar refractivity (Wildman–Crippen MR) is 85.6 cm³/mol. The Morgan fingerprint density at radius 1 is 1.12 bits per heavy atom. The summed E-state index contributed by atoms with van der Waals surface area (Å²) in [6, 6.07) is 14.4. The van der Waals surface area contributed by atoms with Crippen LogP contribution in [-0.2, 0) is 9.59 Å². The van der Waals surface area contributed by atoms with E-state index in [2.05, 4.69) is 0 Å². The molecular formula is C17H14N2O5. The van der Waals surface area contributed by atoms with Crippen LogP contribution in [0.15, 0.2) is 54.6 Å². The summed E-state index contributed by atoms with van der Waals surface area (Å²) < 4.78 is 5.23. The van der Waals surface area contributed by atoms with Gasteiger partial charge >= 0.3 is 5.97 Å². The molecule has 7 nitrogen and oxygen atoms in total. The maximum absolute atomic E-state index is 12.2. The first-order valence-electron chi connectivity index (χ1n) is 7.36. The first kappa shape index (κ1) is 15.7. The summed E-state index contributed by atoms with van der Waals surface area (Å²) in [6.45, 7) is 0.259. The van der Waals surface area contributed by atoms with Crippen molar-refractivity contribution in [3.8, 4) is 5.75 Å². The minimum atomic E-state index is -0.562. The monoisotopic (exact) mass is 326 g/mol. The zero-order valence-corrected chi connectivity index (χ0v) is 12.6. The van der Waals surface area contributed by atoms with Gasteiger partial charge in [0.2, 0.25) is 5.91 Å². The Bertz CT molecular complexity index is 773. The first-order valence-corrected chi connectivity index (χ1v) is 7.36. The van der Waals surface area contributed by atoms with Gasteiger partial charge in [-0.05, 0) is 24.3 Å². The zero-order valence-electron chi connectivity index (χ0n) is 12.6. The molecule has 0 saturated carbocycles. The number of amides is 1. The lowest BCUT2D eigenvalue weighted by Crippen LogP contribution is -2.27. The van der Waals surface area contributed by atoms with Gasteiger partial charge < -0.3 is 9.64 Å². The van der Waals surface area contributed by atoms with Crippen molar-refractivity contribution in [3.05, 3.63) is 64.7 Å². The van der Waals surface area contributed by atoms with Gasteiger partial charge in [-0.1, -0.05) is 18.2 Å². The third-order valence-corrected chi connectivity index (χ3v) is 3.79. The van der Waals surface area contributed by atoms with Gasteiger partial charge in [0.25, 0.3) is 5.69 Å². The lowest BCUT2D eigenvalue weighted by atomic mass is 10.1. The van der Waals surface area contributed by atoms with Crippen molar-refractivity contribution in [2.45, 2.75) is 6.42 Å². The van der Waals surface area contributed by atoms with E-state index >= 15 is 0 Å². The largest absolute Gasteiger partial charge is 0.426 e. The third-order valence-electron chi connectivity index (χ3n) is 3.79. The molecule has 1 atom stereocenters. The molecule has 1 aliphatic heterocycles. The Morgan fingerprint density at radius 2 is 1.79 bits per heavy atom. The molecule has 0 aliphatic carbocycles. The molecule has 0 unspecified atom stereocenters. The van der Waals surface area contributed by atoms with Crippen LogP contribution < -0.4 is 9.64 Å². The molecule has 1 amide bonds. The lowest BCUT2D eigenvalue weighted by molar-refractivity contribution is -0.384. The van der Waals surface area contributed by atoms with Crippen LogP contribution in [0, 0.1) is 16.0 Å². The average Bonchev–Trinajstić information content (AvgIpc) is 2.98. The normalized spacial score (nSPS) is 16.9. The van der Waals surface area contributed by atoms with E-state index in [4.69, 9.17) is 4.74 Å². The summed E-state index contributed by atoms with van der Waals surface area (Å²) >= 11 is 0.